The molecule has 2 heterocycles. The molecule has 4 amide bonds. The number of nitrogens with zero attached hydrogens (tertiary/aromatic N) is 2. The molecule has 0 radical (unpaired) electrons. The molecule has 2 aromatic heterocycles. The number of hydrogen-bond donors (Lipinski definition) is 6. The summed E-state index contributed by atoms with van der Waals surface area (Å²) in [6, 6.07) is 10.1. The summed E-state index contributed by atoms with van der Waals surface area (Å²) in [5, 5.41) is 10.6. The van der Waals surface area contributed by atoms with Gasteiger partial charge in [-0.15, -0.1) is 0 Å². The Morgan fingerprint density at radius 1 is 0.806 bits per heavy atom. The lowest BCUT2D eigenvalue weighted by Crippen LogP contribution is -2.28. The smallest absolute Gasteiger partial charge is 0.321 e. The molecular weight excluding hydrogens is 400 g/mol. The van der Waals surface area contributed by atoms with Gasteiger partial charge < -0.3 is 25.3 Å². The maximum Gasteiger partial charge on any atom is 0.321 e. The molecule has 0 saturated heterocycles. The zero-order valence-corrected chi connectivity index (χ0v) is 17.0. The van der Waals surface area contributed by atoms with Gasteiger partial charge in [-0.3, -0.25) is 10.6 Å². The van der Waals surface area contributed by atoms with E-state index in [1.807, 2.05) is 13.8 Å². The first kappa shape index (κ1) is 20.0. The van der Waals surface area contributed by atoms with Crippen molar-refractivity contribution in [3.63, 3.8) is 0 Å². The normalized spacial score (nSPS) is 10.8. The highest BCUT2D eigenvalue weighted by molar-refractivity contribution is 5.91. The fourth-order valence-corrected chi connectivity index (χ4v) is 2.98. The Kier molecular flexibility index (Phi) is 5.56. The summed E-state index contributed by atoms with van der Waals surface area (Å²) in [7, 11) is 0. The van der Waals surface area contributed by atoms with Gasteiger partial charge in [-0.2, -0.15) is 0 Å². The van der Waals surface area contributed by atoms with Crippen molar-refractivity contribution in [2.24, 2.45) is 0 Å². The van der Waals surface area contributed by atoms with Gasteiger partial charge in [0.2, 0.25) is 11.9 Å². The molecule has 6 N–H and O–H groups in total. The first-order chi connectivity index (χ1) is 15.0. The predicted molar refractivity (Wildman–Crippen MR) is 118 cm³/mol. The van der Waals surface area contributed by atoms with Crippen molar-refractivity contribution >= 4 is 46.0 Å². The molecule has 4 rings (SSSR count). The number of hydrogen-bond acceptors (Lipinski definition) is 5. The van der Waals surface area contributed by atoms with Crippen LogP contribution in [0.25, 0.3) is 22.1 Å². The van der Waals surface area contributed by atoms with Gasteiger partial charge in [-0.1, -0.05) is 0 Å². The summed E-state index contributed by atoms with van der Waals surface area (Å²) in [4.78, 5) is 38.1. The number of aromatic amines is 2. The number of urea groups is 2. The summed E-state index contributed by atoms with van der Waals surface area (Å²) in [6.45, 7) is 4.72. The molecule has 0 atom stereocenters. The van der Waals surface area contributed by atoms with Gasteiger partial charge in [-0.25, -0.2) is 19.6 Å². The van der Waals surface area contributed by atoms with Gasteiger partial charge in [0.05, 0.1) is 22.1 Å². The summed E-state index contributed by atoms with van der Waals surface area (Å²) >= 11 is 0. The van der Waals surface area contributed by atoms with Crippen LogP contribution >= 0.6 is 0 Å². The third-order valence-corrected chi connectivity index (χ3v) is 4.28. The van der Waals surface area contributed by atoms with E-state index in [4.69, 9.17) is 4.74 Å². The SMILES string of the molecule is CCNC(=O)Nc1nc2ccc(Oc3ccc4nc(NC(=O)NCC)[nH]c4c3)cc2[nH]1. The number of carbonyl (C=O) groups is 2. The maximum atomic E-state index is 11.7. The summed E-state index contributed by atoms with van der Waals surface area (Å²) in [5.41, 5.74) is 2.84. The van der Waals surface area contributed by atoms with E-state index >= 15 is 0 Å². The quantitative estimate of drug-likeness (QED) is 0.281. The molecule has 2 aromatic carbocycles. The molecule has 0 aliphatic carbocycles. The number of rotatable bonds is 6. The molecule has 160 valence electrons. The number of H-pyrrole nitrogens is 2. The Bertz CT molecular complexity index is 1150. The minimum Gasteiger partial charge on any atom is -0.457 e. The number of anilines is 2. The summed E-state index contributed by atoms with van der Waals surface area (Å²) in [5.74, 6) is 1.90. The number of aromatic nitrogens is 4. The fraction of sp³-hybridized carbons (Fsp3) is 0.200. The van der Waals surface area contributed by atoms with Crippen LogP contribution in [0.4, 0.5) is 21.5 Å². The van der Waals surface area contributed by atoms with Gasteiger partial charge in [0, 0.05) is 25.2 Å². The number of carbonyl (C=O) groups excluding carboxylic acids is 2. The minimum absolute atomic E-state index is 0.327. The molecule has 0 fully saturated rings. The second-order valence-electron chi connectivity index (χ2n) is 6.60. The summed E-state index contributed by atoms with van der Waals surface area (Å²) < 4.78 is 5.96. The van der Waals surface area contributed by atoms with Gasteiger partial charge in [0.1, 0.15) is 11.5 Å². The van der Waals surface area contributed by atoms with Crippen molar-refractivity contribution in [1.29, 1.82) is 0 Å². The van der Waals surface area contributed by atoms with E-state index in [9.17, 15) is 9.59 Å². The summed E-state index contributed by atoms with van der Waals surface area (Å²) in [6.07, 6.45) is 0. The van der Waals surface area contributed by atoms with Crippen molar-refractivity contribution in [3.8, 4) is 11.5 Å². The Balaban J connectivity index is 1.49. The zero-order valence-electron chi connectivity index (χ0n) is 17.0. The molecular formula is C20H22N8O3. The largest absolute Gasteiger partial charge is 0.457 e. The zero-order chi connectivity index (χ0) is 21.8. The first-order valence-electron chi connectivity index (χ1n) is 9.81. The fourth-order valence-electron chi connectivity index (χ4n) is 2.98. The van der Waals surface area contributed by atoms with Crippen molar-refractivity contribution in [1.82, 2.24) is 30.6 Å². The van der Waals surface area contributed by atoms with E-state index in [-0.39, 0.29) is 12.1 Å². The maximum absolute atomic E-state index is 11.7. The van der Waals surface area contributed by atoms with Crippen LogP contribution in [0.15, 0.2) is 36.4 Å². The van der Waals surface area contributed by atoms with Crippen LogP contribution in [-0.4, -0.2) is 45.1 Å². The molecule has 0 bridgehead atoms. The van der Waals surface area contributed by atoms with Gasteiger partial charge >= 0.3 is 12.1 Å². The lowest BCUT2D eigenvalue weighted by atomic mass is 10.3. The average Bonchev–Trinajstić information content (AvgIpc) is 3.30. The minimum atomic E-state index is -0.327. The molecule has 0 unspecified atom stereocenters. The van der Waals surface area contributed by atoms with E-state index < -0.39 is 0 Å². The van der Waals surface area contributed by atoms with Crippen LogP contribution < -0.4 is 26.0 Å². The lowest BCUT2D eigenvalue weighted by Gasteiger charge is -2.05. The van der Waals surface area contributed by atoms with Crippen molar-refractivity contribution < 1.29 is 14.3 Å². The standard InChI is InChI=1S/C20H22N8O3/c1-3-21-19(29)27-17-23-13-7-5-11(9-15(13)25-17)31-12-6-8-14-16(10-12)26-18(24-14)28-20(30)22-4-2/h5-10H,3-4H2,1-2H3,(H3,21,23,25,27,29)(H3,22,24,26,28,30). The van der Waals surface area contributed by atoms with E-state index in [2.05, 4.69) is 41.2 Å². The third-order valence-electron chi connectivity index (χ3n) is 4.28. The van der Waals surface area contributed by atoms with Crippen LogP contribution in [0.5, 0.6) is 11.5 Å². The second-order valence-corrected chi connectivity index (χ2v) is 6.60. The Morgan fingerprint density at radius 3 is 1.68 bits per heavy atom. The lowest BCUT2D eigenvalue weighted by molar-refractivity contribution is 0.251. The van der Waals surface area contributed by atoms with Crippen LogP contribution in [0.3, 0.4) is 0 Å². The monoisotopic (exact) mass is 422 g/mol. The molecule has 11 nitrogen and oxygen atoms in total. The molecule has 0 spiro atoms. The topological polar surface area (TPSA) is 149 Å². The molecule has 31 heavy (non-hydrogen) atoms. The first-order valence-corrected chi connectivity index (χ1v) is 9.81. The van der Waals surface area contributed by atoms with Crippen molar-refractivity contribution in [2.45, 2.75) is 13.8 Å². The highest BCUT2D eigenvalue weighted by Crippen LogP contribution is 2.28. The van der Waals surface area contributed by atoms with Crippen LogP contribution in [0, 0.1) is 0 Å². The van der Waals surface area contributed by atoms with Crippen LogP contribution in [0.2, 0.25) is 0 Å². The number of benzene rings is 2. The van der Waals surface area contributed by atoms with E-state index in [0.717, 1.165) is 11.0 Å². The average molecular weight is 422 g/mol. The number of fused-ring (bicyclic) bond motifs is 2. The van der Waals surface area contributed by atoms with Gasteiger partial charge in [-0.05, 0) is 38.1 Å². The Labute approximate surface area is 177 Å². The number of imidazole rings is 2. The molecule has 0 aliphatic heterocycles. The number of ether oxygens (including phenoxy) is 1. The second kappa shape index (κ2) is 8.61. The third kappa shape index (κ3) is 4.66. The van der Waals surface area contributed by atoms with E-state index in [1.54, 1.807) is 36.4 Å². The molecule has 0 aliphatic rings. The molecule has 4 aromatic rings. The van der Waals surface area contributed by atoms with Crippen LogP contribution in [0.1, 0.15) is 13.8 Å². The van der Waals surface area contributed by atoms with Gasteiger partial charge in [0.15, 0.2) is 0 Å². The Hall–Kier alpha value is -4.28. The van der Waals surface area contributed by atoms with Crippen molar-refractivity contribution in [2.75, 3.05) is 23.7 Å². The van der Waals surface area contributed by atoms with E-state index in [0.29, 0.717) is 47.5 Å². The predicted octanol–water partition coefficient (Wildman–Crippen LogP) is 3.51. The van der Waals surface area contributed by atoms with Crippen LogP contribution in [-0.2, 0) is 0 Å². The molecule has 11 heteroatoms. The highest BCUT2D eigenvalue weighted by Gasteiger charge is 2.10. The van der Waals surface area contributed by atoms with Gasteiger partial charge in [0.25, 0.3) is 0 Å². The number of nitrogens with one attached hydrogen (secondary N) is 6. The number of amides is 4. The van der Waals surface area contributed by atoms with Crippen molar-refractivity contribution in [3.05, 3.63) is 36.4 Å². The molecule has 0 saturated carbocycles. The van der Waals surface area contributed by atoms with E-state index in [1.165, 1.54) is 0 Å². The highest BCUT2D eigenvalue weighted by atomic mass is 16.5. The Morgan fingerprint density at radius 2 is 1.26 bits per heavy atom.